The van der Waals surface area contributed by atoms with E-state index in [1.54, 1.807) is 11.3 Å². The molecule has 1 aromatic heterocycles. The minimum atomic E-state index is 0.603. The summed E-state index contributed by atoms with van der Waals surface area (Å²) in [6.07, 6.45) is 3.47. The Hall–Kier alpha value is -1.46. The lowest BCUT2D eigenvalue weighted by Gasteiger charge is -2.15. The number of thiazole rings is 1. The summed E-state index contributed by atoms with van der Waals surface area (Å²) in [5, 5.41) is 8.00. The smallest absolute Gasteiger partial charge is 0.189 e. The molecule has 0 bridgehead atoms. The van der Waals surface area contributed by atoms with Gasteiger partial charge in [0.05, 0.1) is 5.69 Å². The van der Waals surface area contributed by atoms with E-state index in [-0.39, 0.29) is 0 Å². The van der Waals surface area contributed by atoms with Crippen molar-refractivity contribution in [3.8, 4) is 0 Å². The maximum absolute atomic E-state index is 5.42. The van der Waals surface area contributed by atoms with Crippen LogP contribution in [0, 0.1) is 19.8 Å². The molecule has 0 aliphatic heterocycles. The Morgan fingerprint density at radius 2 is 2.14 bits per heavy atom. The van der Waals surface area contributed by atoms with Crippen LogP contribution in [0.1, 0.15) is 35.0 Å². The van der Waals surface area contributed by atoms with Gasteiger partial charge in [-0.05, 0) is 62.9 Å². The second-order valence-electron chi connectivity index (χ2n) is 6.13. The van der Waals surface area contributed by atoms with Gasteiger partial charge in [0.2, 0.25) is 0 Å². The summed E-state index contributed by atoms with van der Waals surface area (Å²) in [5.41, 5.74) is 4.73. The van der Waals surface area contributed by atoms with Gasteiger partial charge in [0.25, 0.3) is 0 Å². The minimum absolute atomic E-state index is 0.603. The number of benzene rings is 1. The van der Waals surface area contributed by atoms with Crippen LogP contribution in [0.5, 0.6) is 0 Å². The Morgan fingerprint density at radius 1 is 1.32 bits per heavy atom. The fourth-order valence-electron chi connectivity index (χ4n) is 2.80. The van der Waals surface area contributed by atoms with Crippen molar-refractivity contribution < 1.29 is 0 Å². The van der Waals surface area contributed by atoms with E-state index in [0.717, 1.165) is 29.6 Å². The zero-order valence-corrected chi connectivity index (χ0v) is 14.8. The third-order valence-corrected chi connectivity index (χ3v) is 5.28. The molecule has 1 aliphatic rings. The molecule has 1 unspecified atom stereocenters. The molecule has 116 valence electrons. The molecule has 3 nitrogen and oxygen atoms in total. The molecule has 1 aromatic carbocycles. The minimum Gasteiger partial charge on any atom is -0.332 e. The van der Waals surface area contributed by atoms with E-state index in [1.165, 1.54) is 28.1 Å². The number of thiocarbonyl (C=S) groups is 1. The molecule has 1 atom stereocenters. The normalized spacial score (nSPS) is 17.0. The zero-order chi connectivity index (χ0) is 15.7. The van der Waals surface area contributed by atoms with Crippen LogP contribution in [0.2, 0.25) is 0 Å². The van der Waals surface area contributed by atoms with Crippen molar-refractivity contribution in [1.29, 1.82) is 0 Å². The summed E-state index contributed by atoms with van der Waals surface area (Å²) in [7, 11) is 0. The maximum Gasteiger partial charge on any atom is 0.189 e. The van der Waals surface area contributed by atoms with Crippen molar-refractivity contribution in [3.63, 3.8) is 0 Å². The van der Waals surface area contributed by atoms with Crippen LogP contribution < -0.4 is 10.6 Å². The maximum atomic E-state index is 5.42. The van der Waals surface area contributed by atoms with Crippen LogP contribution in [0.15, 0.2) is 18.2 Å². The summed E-state index contributed by atoms with van der Waals surface area (Å²) >= 11 is 7.15. The lowest BCUT2D eigenvalue weighted by atomic mass is 9.93. The van der Waals surface area contributed by atoms with Crippen LogP contribution in [0.25, 0.3) is 0 Å². The van der Waals surface area contributed by atoms with Gasteiger partial charge >= 0.3 is 0 Å². The van der Waals surface area contributed by atoms with Gasteiger partial charge in [0.15, 0.2) is 10.2 Å². The predicted molar refractivity (Wildman–Crippen MR) is 99.1 cm³/mol. The Kier molecular flexibility index (Phi) is 4.45. The molecule has 1 aliphatic carbocycles. The molecule has 0 spiro atoms. The van der Waals surface area contributed by atoms with E-state index in [4.69, 9.17) is 12.2 Å². The van der Waals surface area contributed by atoms with E-state index in [2.05, 4.69) is 54.6 Å². The number of rotatable bonds is 2. The lowest BCUT2D eigenvalue weighted by Crippen LogP contribution is -2.19. The molecule has 0 radical (unpaired) electrons. The highest BCUT2D eigenvalue weighted by Gasteiger charge is 2.20. The summed E-state index contributed by atoms with van der Waals surface area (Å²) < 4.78 is 0. The molecule has 3 rings (SSSR count). The number of fused-ring (bicyclic) bond motifs is 1. The first kappa shape index (κ1) is 15.4. The molecule has 5 heteroatoms. The average molecular weight is 332 g/mol. The van der Waals surface area contributed by atoms with Gasteiger partial charge in [-0.3, -0.25) is 0 Å². The van der Waals surface area contributed by atoms with Crippen LogP contribution in [-0.2, 0) is 12.8 Å². The van der Waals surface area contributed by atoms with Crippen LogP contribution in [0.3, 0.4) is 0 Å². The van der Waals surface area contributed by atoms with Crippen molar-refractivity contribution in [2.45, 2.75) is 40.0 Å². The Balaban J connectivity index is 1.67. The number of aromatic nitrogens is 1. The highest BCUT2D eigenvalue weighted by atomic mass is 32.1. The van der Waals surface area contributed by atoms with Crippen molar-refractivity contribution in [3.05, 3.63) is 39.9 Å². The monoisotopic (exact) mass is 331 g/mol. The number of aryl methyl sites for hydroxylation is 3. The summed E-state index contributed by atoms with van der Waals surface area (Å²) in [6, 6.07) is 6.29. The highest BCUT2D eigenvalue weighted by Crippen LogP contribution is 2.32. The van der Waals surface area contributed by atoms with Crippen molar-refractivity contribution in [2.75, 3.05) is 10.6 Å². The second-order valence-corrected chi connectivity index (χ2v) is 7.63. The number of nitrogens with one attached hydrogen (secondary N) is 2. The Labute approximate surface area is 141 Å². The molecule has 0 amide bonds. The van der Waals surface area contributed by atoms with Crippen LogP contribution in [0.4, 0.5) is 10.8 Å². The lowest BCUT2D eigenvalue weighted by molar-refractivity contribution is 0.502. The van der Waals surface area contributed by atoms with Crippen molar-refractivity contribution >= 4 is 39.5 Å². The van der Waals surface area contributed by atoms with E-state index < -0.39 is 0 Å². The number of hydrogen-bond acceptors (Lipinski definition) is 3. The average Bonchev–Trinajstić information content (AvgIpc) is 2.83. The Morgan fingerprint density at radius 3 is 2.91 bits per heavy atom. The third-order valence-electron chi connectivity index (χ3n) is 4.04. The SMILES string of the molecule is Cc1ccc(NC(=S)Nc2nc3c(s2)CC(C)CC3)c(C)c1. The van der Waals surface area contributed by atoms with Gasteiger partial charge in [0.1, 0.15) is 0 Å². The van der Waals surface area contributed by atoms with Gasteiger partial charge in [-0.2, -0.15) is 0 Å². The highest BCUT2D eigenvalue weighted by molar-refractivity contribution is 7.80. The first-order chi connectivity index (χ1) is 10.5. The second kappa shape index (κ2) is 6.34. The largest absolute Gasteiger partial charge is 0.332 e. The van der Waals surface area contributed by atoms with Crippen molar-refractivity contribution in [2.24, 2.45) is 5.92 Å². The van der Waals surface area contributed by atoms with Crippen molar-refractivity contribution in [1.82, 2.24) is 4.98 Å². The van der Waals surface area contributed by atoms with E-state index in [1.807, 2.05) is 0 Å². The molecule has 1 heterocycles. The standard InChI is InChI=1S/C17H21N3S2/c1-10-4-6-13(12(3)8-10)18-16(21)20-17-19-14-7-5-11(2)9-15(14)22-17/h4,6,8,11H,5,7,9H2,1-3H3,(H2,18,19,20,21). The first-order valence-electron chi connectivity index (χ1n) is 7.65. The van der Waals surface area contributed by atoms with Gasteiger partial charge < -0.3 is 10.6 Å². The van der Waals surface area contributed by atoms with E-state index in [9.17, 15) is 0 Å². The molecule has 0 fully saturated rings. The summed E-state index contributed by atoms with van der Waals surface area (Å²) in [5.74, 6) is 0.765. The molecular formula is C17H21N3S2. The van der Waals surface area contributed by atoms with Gasteiger partial charge in [-0.25, -0.2) is 4.98 Å². The topological polar surface area (TPSA) is 37.0 Å². The molecule has 0 saturated heterocycles. The Bertz CT molecular complexity index is 706. The van der Waals surface area contributed by atoms with Gasteiger partial charge in [0, 0.05) is 10.6 Å². The zero-order valence-electron chi connectivity index (χ0n) is 13.2. The third kappa shape index (κ3) is 3.47. The molecule has 22 heavy (non-hydrogen) atoms. The predicted octanol–water partition coefficient (Wildman–Crippen LogP) is 4.69. The molecular weight excluding hydrogens is 310 g/mol. The molecule has 2 aromatic rings. The first-order valence-corrected chi connectivity index (χ1v) is 8.87. The van der Waals surface area contributed by atoms with Gasteiger partial charge in [-0.15, -0.1) is 11.3 Å². The summed E-state index contributed by atoms with van der Waals surface area (Å²) in [4.78, 5) is 6.10. The molecule has 2 N–H and O–H groups in total. The number of nitrogens with zero attached hydrogens (tertiary/aromatic N) is 1. The number of anilines is 2. The van der Waals surface area contributed by atoms with Crippen LogP contribution >= 0.6 is 23.6 Å². The van der Waals surface area contributed by atoms with E-state index >= 15 is 0 Å². The quantitative estimate of drug-likeness (QED) is 0.783. The molecule has 0 saturated carbocycles. The number of hydrogen-bond donors (Lipinski definition) is 2. The fraction of sp³-hybridized carbons (Fsp3) is 0.412. The van der Waals surface area contributed by atoms with Crippen LogP contribution in [-0.4, -0.2) is 10.1 Å². The fourth-order valence-corrected chi connectivity index (χ4v) is 4.24. The summed E-state index contributed by atoms with van der Waals surface area (Å²) in [6.45, 7) is 6.48. The van der Waals surface area contributed by atoms with E-state index in [0.29, 0.717) is 5.11 Å². The van der Waals surface area contributed by atoms with Gasteiger partial charge in [-0.1, -0.05) is 24.6 Å².